The molecule has 3 rings (SSSR count). The van der Waals surface area contributed by atoms with Crippen LogP contribution in [-0.2, 0) is 11.6 Å². The van der Waals surface area contributed by atoms with Gasteiger partial charge in [0.25, 0.3) is 5.91 Å². The summed E-state index contributed by atoms with van der Waals surface area (Å²) in [7, 11) is 0.797. The van der Waals surface area contributed by atoms with Crippen LogP contribution in [0.25, 0.3) is 11.3 Å². The lowest BCUT2D eigenvalue weighted by Crippen LogP contribution is -2.17. The van der Waals surface area contributed by atoms with Crippen LogP contribution in [0.5, 0.6) is 5.75 Å². The van der Waals surface area contributed by atoms with Crippen LogP contribution < -0.4 is 21.2 Å². The zero-order chi connectivity index (χ0) is 22.8. The molecular formula is C20H24ClN6O3P. The Kier molecular flexibility index (Phi) is 6.67. The lowest BCUT2D eigenvalue weighted by atomic mass is 10.1. The molecule has 31 heavy (non-hydrogen) atoms. The summed E-state index contributed by atoms with van der Waals surface area (Å²) >= 11 is 5.94. The zero-order valence-electron chi connectivity index (χ0n) is 17.7. The molecule has 0 aliphatic carbocycles. The number of methoxy groups -OCH3 is 1. The van der Waals surface area contributed by atoms with E-state index in [0.717, 1.165) is 0 Å². The number of aromatic nitrogens is 4. The van der Waals surface area contributed by atoms with Crippen LogP contribution in [-0.4, -0.2) is 45.3 Å². The van der Waals surface area contributed by atoms with Crippen LogP contribution in [0.4, 0.5) is 11.4 Å². The number of carbonyl (C=O) groups is 1. The third-order valence-corrected chi connectivity index (χ3v) is 8.54. The van der Waals surface area contributed by atoms with E-state index in [1.807, 2.05) is 32.0 Å². The number of hydrogen-bond acceptors (Lipinski definition) is 7. The van der Waals surface area contributed by atoms with Crippen molar-refractivity contribution in [3.05, 3.63) is 41.2 Å². The second-order valence-corrected chi connectivity index (χ2v) is 10.7. The monoisotopic (exact) mass is 462 g/mol. The SMILES string of the molecule is CCP(=O)(CC)c1cc(-c2cccc(Nc3cc(Cl)nnc3C(N)=O)c2OC)nn1C. The quantitative estimate of drug-likeness (QED) is 0.491. The molecule has 0 radical (unpaired) electrons. The summed E-state index contributed by atoms with van der Waals surface area (Å²) < 4.78 is 20.6. The second kappa shape index (κ2) is 9.08. The molecule has 1 aromatic carbocycles. The summed E-state index contributed by atoms with van der Waals surface area (Å²) in [6.07, 6.45) is 1.12. The predicted octanol–water partition coefficient (Wildman–Crippen LogP) is 3.41. The van der Waals surface area contributed by atoms with Crippen molar-refractivity contribution in [3.63, 3.8) is 0 Å². The van der Waals surface area contributed by atoms with Gasteiger partial charge in [-0.1, -0.05) is 31.5 Å². The fourth-order valence-corrected chi connectivity index (χ4v) is 5.54. The van der Waals surface area contributed by atoms with Gasteiger partial charge in [-0.05, 0) is 18.2 Å². The standard InChI is InChI=1S/C20H24ClN6O3P/c1-5-31(29,6-2)17-11-14(26-27(17)3)12-8-7-9-13(19(12)30-4)23-15-10-16(21)24-25-18(15)20(22)28/h7-11H,5-6H2,1-4H3,(H2,22,28)(H,23,24). The van der Waals surface area contributed by atoms with Gasteiger partial charge >= 0.3 is 0 Å². The molecule has 0 fully saturated rings. The maximum absolute atomic E-state index is 13.2. The van der Waals surface area contributed by atoms with Crippen LogP contribution in [0.15, 0.2) is 30.3 Å². The third-order valence-electron chi connectivity index (χ3n) is 5.06. The highest BCUT2D eigenvalue weighted by Crippen LogP contribution is 2.45. The lowest BCUT2D eigenvalue weighted by molar-refractivity contribution is 0.0995. The molecule has 0 saturated heterocycles. The predicted molar refractivity (Wildman–Crippen MR) is 122 cm³/mol. The normalized spacial score (nSPS) is 11.4. The van der Waals surface area contributed by atoms with Crippen molar-refractivity contribution in [2.45, 2.75) is 13.8 Å². The molecule has 2 aromatic heterocycles. The Balaban J connectivity index is 2.10. The fraction of sp³-hybridized carbons (Fsp3) is 0.300. The number of nitrogens with two attached hydrogens (primary N) is 1. The number of hydrogen-bond donors (Lipinski definition) is 2. The third kappa shape index (κ3) is 4.43. The first kappa shape index (κ1) is 22.8. The Morgan fingerprint density at radius 3 is 2.55 bits per heavy atom. The van der Waals surface area contributed by atoms with E-state index < -0.39 is 13.0 Å². The molecule has 0 bridgehead atoms. The molecule has 0 unspecified atom stereocenters. The van der Waals surface area contributed by atoms with Crippen molar-refractivity contribution in [1.82, 2.24) is 20.0 Å². The number of aryl methyl sites for hydroxylation is 1. The molecule has 9 nitrogen and oxygen atoms in total. The van der Waals surface area contributed by atoms with E-state index >= 15 is 0 Å². The fourth-order valence-electron chi connectivity index (χ4n) is 3.37. The highest BCUT2D eigenvalue weighted by molar-refractivity contribution is 7.71. The van der Waals surface area contributed by atoms with E-state index in [4.69, 9.17) is 22.1 Å². The number of primary amides is 1. The van der Waals surface area contributed by atoms with E-state index in [0.29, 0.717) is 46.1 Å². The number of nitrogens with one attached hydrogen (secondary N) is 1. The van der Waals surface area contributed by atoms with Gasteiger partial charge in [-0.3, -0.25) is 9.48 Å². The highest BCUT2D eigenvalue weighted by atomic mass is 35.5. The van der Waals surface area contributed by atoms with Crippen molar-refractivity contribution in [3.8, 4) is 17.0 Å². The van der Waals surface area contributed by atoms with Gasteiger partial charge in [-0.2, -0.15) is 5.10 Å². The number of amides is 1. The highest BCUT2D eigenvalue weighted by Gasteiger charge is 2.26. The molecule has 2 heterocycles. The summed E-state index contributed by atoms with van der Waals surface area (Å²) in [5, 5.41) is 15.2. The second-order valence-electron chi connectivity index (χ2n) is 6.84. The number of halogens is 1. The van der Waals surface area contributed by atoms with Crippen molar-refractivity contribution in [2.75, 3.05) is 24.8 Å². The summed E-state index contributed by atoms with van der Waals surface area (Å²) in [4.78, 5) is 11.7. The van der Waals surface area contributed by atoms with Crippen LogP contribution in [0.1, 0.15) is 24.3 Å². The Morgan fingerprint density at radius 2 is 1.94 bits per heavy atom. The van der Waals surface area contributed by atoms with Crippen molar-refractivity contribution in [1.29, 1.82) is 0 Å². The van der Waals surface area contributed by atoms with Gasteiger partial charge < -0.3 is 20.4 Å². The average molecular weight is 463 g/mol. The summed E-state index contributed by atoms with van der Waals surface area (Å²) in [6.45, 7) is 3.85. The molecule has 0 aliphatic heterocycles. The van der Waals surface area contributed by atoms with Crippen LogP contribution >= 0.6 is 18.7 Å². The van der Waals surface area contributed by atoms with Crippen molar-refractivity contribution < 1.29 is 14.1 Å². The van der Waals surface area contributed by atoms with Gasteiger partial charge in [0.2, 0.25) is 0 Å². The van der Waals surface area contributed by atoms with Crippen LogP contribution in [0.2, 0.25) is 5.15 Å². The van der Waals surface area contributed by atoms with Gasteiger partial charge in [0.15, 0.2) is 16.6 Å². The van der Waals surface area contributed by atoms with E-state index in [2.05, 4.69) is 20.6 Å². The van der Waals surface area contributed by atoms with Crippen molar-refractivity contribution >= 4 is 41.5 Å². The molecule has 0 spiro atoms. The molecule has 164 valence electrons. The maximum atomic E-state index is 13.2. The Bertz CT molecular complexity index is 1170. The number of anilines is 2. The van der Waals surface area contributed by atoms with Crippen molar-refractivity contribution in [2.24, 2.45) is 12.8 Å². The topological polar surface area (TPSA) is 125 Å². The van der Waals surface area contributed by atoms with Crippen LogP contribution in [0, 0.1) is 0 Å². The minimum Gasteiger partial charge on any atom is -0.494 e. The van der Waals surface area contributed by atoms with E-state index in [1.165, 1.54) is 13.2 Å². The Hall–Kier alpha value is -2.90. The van der Waals surface area contributed by atoms with E-state index in [9.17, 15) is 9.36 Å². The number of rotatable bonds is 8. The van der Waals surface area contributed by atoms with Gasteiger partial charge in [0.1, 0.15) is 7.14 Å². The van der Waals surface area contributed by atoms with E-state index in [1.54, 1.807) is 17.8 Å². The molecule has 11 heteroatoms. The largest absolute Gasteiger partial charge is 0.494 e. The molecule has 0 aliphatic rings. The first-order valence-corrected chi connectivity index (χ1v) is 12.1. The lowest BCUT2D eigenvalue weighted by Gasteiger charge is -2.15. The number of nitrogens with zero attached hydrogens (tertiary/aromatic N) is 4. The molecule has 0 atom stereocenters. The summed E-state index contributed by atoms with van der Waals surface area (Å²) in [6, 6.07) is 8.74. The maximum Gasteiger partial charge on any atom is 0.271 e. The Labute approximate surface area is 185 Å². The van der Waals surface area contributed by atoms with Gasteiger partial charge in [0.05, 0.1) is 29.6 Å². The van der Waals surface area contributed by atoms with Gasteiger partial charge in [-0.25, -0.2) is 0 Å². The Morgan fingerprint density at radius 1 is 1.23 bits per heavy atom. The molecule has 1 amide bonds. The zero-order valence-corrected chi connectivity index (χ0v) is 19.4. The van der Waals surface area contributed by atoms with Crippen LogP contribution in [0.3, 0.4) is 0 Å². The van der Waals surface area contributed by atoms with Gasteiger partial charge in [-0.15, -0.1) is 10.2 Å². The number of ether oxygens (including phenoxy) is 1. The molecule has 0 saturated carbocycles. The van der Waals surface area contributed by atoms with Gasteiger partial charge in [0, 0.05) is 31.0 Å². The first-order chi connectivity index (χ1) is 14.7. The minimum atomic E-state index is -2.52. The minimum absolute atomic E-state index is 0.0520. The van der Waals surface area contributed by atoms with E-state index in [-0.39, 0.29) is 10.8 Å². The summed E-state index contributed by atoms with van der Waals surface area (Å²) in [5.74, 6) is -0.260. The first-order valence-electron chi connectivity index (χ1n) is 9.64. The smallest absolute Gasteiger partial charge is 0.271 e. The molecule has 3 aromatic rings. The molecular weight excluding hydrogens is 439 g/mol. The average Bonchev–Trinajstić information content (AvgIpc) is 3.15. The number of carbonyl (C=O) groups excluding carboxylic acids is 1. The summed E-state index contributed by atoms with van der Waals surface area (Å²) in [5.41, 5.74) is 8.23. The number of benzene rings is 1. The molecule has 3 N–H and O–H groups in total. The number of para-hydroxylation sites is 1.